The Morgan fingerprint density at radius 2 is 1.97 bits per heavy atom. The zero-order valence-corrected chi connectivity index (χ0v) is 19.6. The molecule has 0 amide bonds. The largest absolute Gasteiger partial charge is 0.375 e. The molecule has 3 N–H and O–H groups in total. The first kappa shape index (κ1) is 22.6. The molecule has 3 aromatic rings. The van der Waals surface area contributed by atoms with Crippen molar-refractivity contribution in [3.8, 4) is 0 Å². The second kappa shape index (κ2) is 9.84. The topological polar surface area (TPSA) is 54.2 Å². The highest BCUT2D eigenvalue weighted by Gasteiger charge is 2.24. The van der Waals surface area contributed by atoms with Gasteiger partial charge in [0.2, 0.25) is 0 Å². The van der Waals surface area contributed by atoms with Gasteiger partial charge >= 0.3 is 0 Å². The number of nitrogens with zero attached hydrogens (tertiary/aromatic N) is 2. The Bertz CT molecular complexity index is 934. The molecule has 1 aliphatic heterocycles. The fourth-order valence-corrected chi connectivity index (χ4v) is 6.30. The van der Waals surface area contributed by atoms with Crippen molar-refractivity contribution in [3.05, 3.63) is 40.2 Å². The van der Waals surface area contributed by atoms with E-state index in [-0.39, 0.29) is 24.8 Å². The molecule has 0 spiro atoms. The molecule has 1 saturated heterocycles. The summed E-state index contributed by atoms with van der Waals surface area (Å²) in [6.45, 7) is 3.48. The first-order chi connectivity index (χ1) is 13.3. The van der Waals surface area contributed by atoms with Crippen LogP contribution in [0, 0.1) is 5.92 Å². The minimum absolute atomic E-state index is 0. The SMILES string of the molecule is Cl.Cl.Nc1nc2c(s1)C[C@@H](NCC1CCN(c3cccc4sccc34)CC1)CC2. The van der Waals surface area contributed by atoms with Gasteiger partial charge in [-0.15, -0.1) is 47.5 Å². The molecule has 2 aromatic heterocycles. The van der Waals surface area contributed by atoms with Crippen LogP contribution >= 0.6 is 47.5 Å². The summed E-state index contributed by atoms with van der Waals surface area (Å²) in [5, 5.41) is 8.20. The lowest BCUT2D eigenvalue weighted by atomic mass is 9.93. The molecular weight excluding hydrogens is 443 g/mol. The molecular formula is C21H28Cl2N4S2. The smallest absolute Gasteiger partial charge is 0.180 e. The molecule has 0 bridgehead atoms. The highest BCUT2D eigenvalue weighted by atomic mass is 35.5. The van der Waals surface area contributed by atoms with Crippen LogP contribution in [-0.4, -0.2) is 30.7 Å². The van der Waals surface area contributed by atoms with Crippen LogP contribution in [0.1, 0.15) is 29.8 Å². The van der Waals surface area contributed by atoms with Crippen LogP contribution in [0.4, 0.5) is 10.8 Å². The first-order valence-corrected chi connectivity index (χ1v) is 11.6. The molecule has 5 rings (SSSR count). The zero-order chi connectivity index (χ0) is 18.2. The molecule has 1 atom stereocenters. The zero-order valence-electron chi connectivity index (χ0n) is 16.3. The Morgan fingerprint density at radius 1 is 1.14 bits per heavy atom. The van der Waals surface area contributed by atoms with Gasteiger partial charge in [-0.1, -0.05) is 6.07 Å². The van der Waals surface area contributed by atoms with E-state index in [0.717, 1.165) is 30.4 Å². The van der Waals surface area contributed by atoms with Crippen molar-refractivity contribution in [1.82, 2.24) is 10.3 Å². The van der Waals surface area contributed by atoms with Crippen molar-refractivity contribution in [3.63, 3.8) is 0 Å². The molecule has 1 aliphatic carbocycles. The third-order valence-corrected chi connectivity index (χ3v) is 7.91. The summed E-state index contributed by atoms with van der Waals surface area (Å²) in [5.74, 6) is 0.788. The molecule has 0 unspecified atom stereocenters. The Kier molecular flexibility index (Phi) is 7.68. The van der Waals surface area contributed by atoms with Crippen LogP contribution < -0.4 is 16.0 Å². The highest BCUT2D eigenvalue weighted by Crippen LogP contribution is 2.33. The molecule has 0 radical (unpaired) electrons. The van der Waals surface area contributed by atoms with E-state index in [4.69, 9.17) is 5.73 Å². The lowest BCUT2D eigenvalue weighted by Crippen LogP contribution is -2.41. The standard InChI is InChI=1S/C21H26N4S2.2ClH/c22-21-24-17-5-4-15(12-20(17)27-21)23-13-14-6-9-25(10-7-14)18-2-1-3-19-16(18)8-11-26-19;;/h1-3,8,11,14-15,23H,4-7,9-10,12-13H2,(H2,22,24);2*1H/t15-;;/m0../s1. The van der Waals surface area contributed by atoms with Gasteiger partial charge in [0.1, 0.15) is 0 Å². The molecule has 29 heavy (non-hydrogen) atoms. The number of aromatic nitrogens is 1. The molecule has 158 valence electrons. The summed E-state index contributed by atoms with van der Waals surface area (Å²) in [7, 11) is 0. The summed E-state index contributed by atoms with van der Waals surface area (Å²) in [4.78, 5) is 8.43. The van der Waals surface area contributed by atoms with Crippen LogP contribution in [0.15, 0.2) is 29.6 Å². The predicted octanol–water partition coefficient (Wildman–Crippen LogP) is 5.15. The van der Waals surface area contributed by atoms with Crippen molar-refractivity contribution in [2.75, 3.05) is 30.3 Å². The van der Waals surface area contributed by atoms with E-state index in [1.807, 2.05) is 11.3 Å². The van der Waals surface area contributed by atoms with Gasteiger partial charge in [-0.3, -0.25) is 0 Å². The fraction of sp³-hybridized carbons (Fsp3) is 0.476. The van der Waals surface area contributed by atoms with E-state index in [2.05, 4.69) is 44.8 Å². The monoisotopic (exact) mass is 470 g/mol. The lowest BCUT2D eigenvalue weighted by molar-refractivity contribution is 0.348. The number of hydrogen-bond donors (Lipinski definition) is 2. The van der Waals surface area contributed by atoms with Crippen LogP contribution in [-0.2, 0) is 12.8 Å². The Morgan fingerprint density at radius 3 is 2.79 bits per heavy atom. The summed E-state index contributed by atoms with van der Waals surface area (Å²) in [5.41, 5.74) is 8.53. The minimum atomic E-state index is 0. The second-order valence-corrected chi connectivity index (χ2v) is 9.87. The predicted molar refractivity (Wildman–Crippen MR) is 132 cm³/mol. The number of halogens is 2. The van der Waals surface area contributed by atoms with Crippen molar-refractivity contribution in [2.24, 2.45) is 5.92 Å². The van der Waals surface area contributed by atoms with Crippen molar-refractivity contribution in [2.45, 2.75) is 38.1 Å². The van der Waals surface area contributed by atoms with Crippen molar-refractivity contribution >= 4 is 68.4 Å². The summed E-state index contributed by atoms with van der Waals surface area (Å²) in [6, 6.07) is 9.58. The van der Waals surface area contributed by atoms with E-state index in [0.29, 0.717) is 6.04 Å². The molecule has 2 aliphatic rings. The van der Waals surface area contributed by atoms with Crippen LogP contribution in [0.5, 0.6) is 0 Å². The molecule has 8 heteroatoms. The Hall–Kier alpha value is -1.05. The highest BCUT2D eigenvalue weighted by molar-refractivity contribution is 7.17. The van der Waals surface area contributed by atoms with Gasteiger partial charge in [-0.05, 0) is 68.1 Å². The van der Waals surface area contributed by atoms with Crippen LogP contribution in [0.25, 0.3) is 10.1 Å². The second-order valence-electron chi connectivity index (χ2n) is 7.81. The molecule has 1 aromatic carbocycles. The number of fused-ring (bicyclic) bond motifs is 2. The number of benzene rings is 1. The van der Waals surface area contributed by atoms with Crippen LogP contribution in [0.2, 0.25) is 0 Å². The maximum absolute atomic E-state index is 5.87. The average molecular weight is 472 g/mol. The van der Waals surface area contributed by atoms with Gasteiger partial charge in [0.05, 0.1) is 5.69 Å². The van der Waals surface area contributed by atoms with Gasteiger partial charge in [0, 0.05) is 39.8 Å². The number of thiophene rings is 1. The van der Waals surface area contributed by atoms with Crippen molar-refractivity contribution < 1.29 is 0 Å². The molecule has 3 heterocycles. The first-order valence-electron chi connectivity index (χ1n) is 9.95. The number of nitrogens with two attached hydrogens (primary N) is 1. The number of rotatable bonds is 4. The number of anilines is 2. The minimum Gasteiger partial charge on any atom is -0.375 e. The number of thiazole rings is 1. The summed E-state index contributed by atoms with van der Waals surface area (Å²) in [6.07, 6.45) is 5.92. The van der Waals surface area contributed by atoms with Gasteiger partial charge < -0.3 is 16.0 Å². The molecule has 1 fully saturated rings. The molecule has 4 nitrogen and oxygen atoms in total. The van der Waals surface area contributed by atoms with E-state index in [9.17, 15) is 0 Å². The summed E-state index contributed by atoms with van der Waals surface area (Å²) >= 11 is 3.51. The Labute approximate surface area is 192 Å². The number of nitrogens with one attached hydrogen (secondary N) is 1. The quantitative estimate of drug-likeness (QED) is 0.553. The number of nitrogen functional groups attached to an aromatic ring is 1. The maximum atomic E-state index is 5.87. The molecule has 0 saturated carbocycles. The van der Waals surface area contributed by atoms with E-state index in [1.54, 1.807) is 11.3 Å². The van der Waals surface area contributed by atoms with Gasteiger partial charge in [0.25, 0.3) is 0 Å². The third-order valence-electron chi connectivity index (χ3n) is 6.08. The normalized spacial score (nSPS) is 19.4. The number of hydrogen-bond acceptors (Lipinski definition) is 6. The average Bonchev–Trinajstić information content (AvgIpc) is 3.31. The van der Waals surface area contributed by atoms with Gasteiger partial charge in [-0.25, -0.2) is 4.98 Å². The lowest BCUT2D eigenvalue weighted by Gasteiger charge is -2.35. The van der Waals surface area contributed by atoms with Gasteiger partial charge in [-0.2, -0.15) is 0 Å². The third kappa shape index (κ3) is 4.83. The van der Waals surface area contributed by atoms with E-state index < -0.39 is 0 Å². The Balaban J connectivity index is 0.00000120. The maximum Gasteiger partial charge on any atom is 0.180 e. The van der Waals surface area contributed by atoms with E-state index in [1.165, 1.54) is 58.7 Å². The van der Waals surface area contributed by atoms with Crippen LogP contribution in [0.3, 0.4) is 0 Å². The van der Waals surface area contributed by atoms with Crippen molar-refractivity contribution in [1.29, 1.82) is 0 Å². The van der Waals surface area contributed by atoms with Gasteiger partial charge in [0.15, 0.2) is 5.13 Å². The number of aryl methyl sites for hydroxylation is 1. The fourth-order valence-electron chi connectivity index (χ4n) is 4.53. The summed E-state index contributed by atoms with van der Waals surface area (Å²) < 4.78 is 1.40. The number of piperidine rings is 1. The van der Waals surface area contributed by atoms with E-state index >= 15 is 0 Å².